The molecule has 40 heavy (non-hydrogen) atoms. The van der Waals surface area contributed by atoms with Crippen LogP contribution in [0.5, 0.6) is 5.75 Å². The highest BCUT2D eigenvalue weighted by Gasteiger charge is 2.21. The summed E-state index contributed by atoms with van der Waals surface area (Å²) in [5.41, 5.74) is 6.87. The number of aldehydes is 1. The van der Waals surface area contributed by atoms with Crippen LogP contribution in [0.25, 0.3) is 16.7 Å². The largest absolute Gasteiger partial charge is 0.456 e. The number of aliphatic imine (C=N–C) groups is 1. The molecule has 0 radical (unpaired) electrons. The summed E-state index contributed by atoms with van der Waals surface area (Å²) in [7, 11) is 1.00. The number of hydrogen-bond acceptors (Lipinski definition) is 5. The van der Waals surface area contributed by atoms with Crippen LogP contribution in [0.3, 0.4) is 0 Å². The molecule has 1 aliphatic heterocycles. The molecular weight excluding hydrogens is 498 g/mol. The van der Waals surface area contributed by atoms with Crippen LogP contribution in [-0.2, 0) is 9.59 Å². The number of Topliss-reactive ketones (excluding diaryl/α,β-unsaturated/α-hetero) is 1. The second-order valence-electron chi connectivity index (χ2n) is 9.09. The van der Waals surface area contributed by atoms with Gasteiger partial charge in [0, 0.05) is 25.9 Å². The van der Waals surface area contributed by atoms with E-state index in [9.17, 15) is 9.59 Å². The zero-order valence-corrected chi connectivity index (χ0v) is 24.1. The summed E-state index contributed by atoms with van der Waals surface area (Å²) >= 11 is 0. The van der Waals surface area contributed by atoms with Crippen LogP contribution in [0, 0.1) is 6.92 Å². The SMILES string of the molecule is CC(=O)C(=C1\C=NC=CC1)/C(Oc1ccccc1)=C(\C)c1ccc(-c2ccc(C)cc2)cc1.CCCC=O.CO. The van der Waals surface area contributed by atoms with Gasteiger partial charge >= 0.3 is 0 Å². The molecule has 1 aliphatic rings. The molecule has 3 aromatic carbocycles. The van der Waals surface area contributed by atoms with Gasteiger partial charge in [0.2, 0.25) is 0 Å². The van der Waals surface area contributed by atoms with Crippen LogP contribution >= 0.6 is 0 Å². The Hall–Kier alpha value is -4.35. The fourth-order valence-electron chi connectivity index (χ4n) is 3.95. The Kier molecular flexibility index (Phi) is 13.8. The first kappa shape index (κ1) is 31.9. The Morgan fingerprint density at radius 2 is 1.52 bits per heavy atom. The van der Waals surface area contributed by atoms with Crippen molar-refractivity contribution in [3.8, 4) is 16.9 Å². The highest BCUT2D eigenvalue weighted by Crippen LogP contribution is 2.31. The summed E-state index contributed by atoms with van der Waals surface area (Å²) in [4.78, 5) is 26.5. The van der Waals surface area contributed by atoms with E-state index in [1.54, 1.807) is 19.3 Å². The van der Waals surface area contributed by atoms with Gasteiger partial charge in [-0.25, -0.2) is 0 Å². The fraction of sp³-hybridized carbons (Fsp3) is 0.229. The molecule has 1 N–H and O–H groups in total. The van der Waals surface area contributed by atoms with Crippen LogP contribution in [-0.4, -0.2) is 30.5 Å². The number of ether oxygens (including phenoxy) is 1. The lowest BCUT2D eigenvalue weighted by Crippen LogP contribution is -2.13. The number of hydrogen-bond donors (Lipinski definition) is 1. The smallest absolute Gasteiger partial charge is 0.163 e. The third-order valence-corrected chi connectivity index (χ3v) is 6.07. The number of unbranched alkanes of at least 4 members (excludes halogenated alkanes) is 1. The monoisotopic (exact) mass is 537 g/mol. The topological polar surface area (TPSA) is 76.0 Å². The number of benzene rings is 3. The number of carbonyl (C=O) groups excluding carboxylic acids is 2. The maximum atomic E-state index is 12.8. The third-order valence-electron chi connectivity index (χ3n) is 6.07. The van der Waals surface area contributed by atoms with Crippen LogP contribution in [0.1, 0.15) is 51.2 Å². The number of ketones is 1. The van der Waals surface area contributed by atoms with Crippen molar-refractivity contribution in [2.75, 3.05) is 7.11 Å². The summed E-state index contributed by atoms with van der Waals surface area (Å²) < 4.78 is 6.35. The van der Waals surface area contributed by atoms with E-state index < -0.39 is 0 Å². The number of aliphatic hydroxyl groups excluding tert-OH is 1. The molecular formula is C35H39NO4. The molecule has 0 atom stereocenters. The zero-order chi connectivity index (χ0) is 29.3. The standard InChI is InChI=1S/C30H27NO2.C4H8O.CH4O/c1-21-11-13-25(14-12-21)26-17-15-24(16-18-26)22(2)30(33-28-9-5-4-6-10-28)29(23(3)32)27-8-7-19-31-20-27;1-2-3-4-5;1-2/h4-7,9-20H,8H2,1-3H3;4H,2-3H2,1H3;2H,1H3/b29-27+,30-22-;;. The maximum absolute atomic E-state index is 12.8. The number of carbonyl (C=O) groups is 2. The van der Waals surface area contributed by atoms with Gasteiger partial charge in [0.05, 0.1) is 5.57 Å². The molecule has 0 amide bonds. The van der Waals surface area contributed by atoms with E-state index in [1.165, 1.54) is 11.1 Å². The lowest BCUT2D eigenvalue weighted by atomic mass is 9.94. The van der Waals surface area contributed by atoms with Crippen molar-refractivity contribution in [2.24, 2.45) is 4.99 Å². The molecule has 5 nitrogen and oxygen atoms in total. The molecule has 0 spiro atoms. The number of nitrogens with zero attached hydrogens (tertiary/aromatic N) is 1. The predicted octanol–water partition coefficient (Wildman–Crippen LogP) is 7.94. The van der Waals surface area contributed by atoms with E-state index in [4.69, 9.17) is 9.84 Å². The molecule has 0 aliphatic carbocycles. The van der Waals surface area contributed by atoms with Gasteiger partial charge in [-0.3, -0.25) is 9.79 Å². The summed E-state index contributed by atoms with van der Waals surface area (Å²) in [6.45, 7) is 7.65. The molecule has 0 aromatic heterocycles. The van der Waals surface area contributed by atoms with Crippen LogP contribution in [0.15, 0.2) is 113 Å². The molecule has 0 unspecified atom stereocenters. The van der Waals surface area contributed by atoms with E-state index in [1.807, 2.05) is 50.3 Å². The number of aryl methyl sites for hydroxylation is 1. The van der Waals surface area contributed by atoms with Crippen molar-refractivity contribution in [1.29, 1.82) is 0 Å². The molecule has 0 bridgehead atoms. The van der Waals surface area contributed by atoms with Crippen LogP contribution in [0.2, 0.25) is 0 Å². The minimum atomic E-state index is -0.0479. The van der Waals surface area contributed by atoms with Gasteiger partial charge in [-0.05, 0) is 73.6 Å². The van der Waals surface area contributed by atoms with E-state index in [-0.39, 0.29) is 5.78 Å². The molecule has 4 rings (SSSR count). The average Bonchev–Trinajstić information content (AvgIpc) is 3.00. The Labute approximate surface area is 238 Å². The Balaban J connectivity index is 0.000000722. The first-order valence-electron chi connectivity index (χ1n) is 13.4. The van der Waals surface area contributed by atoms with Crippen molar-refractivity contribution in [1.82, 2.24) is 0 Å². The summed E-state index contributed by atoms with van der Waals surface area (Å²) in [6, 6.07) is 26.4. The lowest BCUT2D eigenvalue weighted by molar-refractivity contribution is -0.113. The van der Waals surface area contributed by atoms with Crippen molar-refractivity contribution < 1.29 is 19.4 Å². The molecule has 208 valence electrons. The molecule has 0 saturated carbocycles. The summed E-state index contributed by atoms with van der Waals surface area (Å²) in [6.07, 6.45) is 8.70. The van der Waals surface area contributed by atoms with Crippen molar-refractivity contribution >= 4 is 23.9 Å². The zero-order valence-electron chi connectivity index (χ0n) is 24.1. The van der Waals surface area contributed by atoms with Gasteiger partial charge in [-0.15, -0.1) is 0 Å². The molecule has 3 aromatic rings. The third kappa shape index (κ3) is 9.44. The number of para-hydroxylation sites is 1. The normalized spacial score (nSPS) is 13.6. The molecule has 1 heterocycles. The number of rotatable bonds is 8. The first-order valence-corrected chi connectivity index (χ1v) is 13.4. The Bertz CT molecular complexity index is 1350. The fourth-order valence-corrected chi connectivity index (χ4v) is 3.95. The van der Waals surface area contributed by atoms with Gasteiger partial charge in [0.15, 0.2) is 5.78 Å². The molecule has 5 heteroatoms. The van der Waals surface area contributed by atoms with E-state index in [2.05, 4.69) is 60.4 Å². The highest BCUT2D eigenvalue weighted by molar-refractivity contribution is 6.05. The minimum Gasteiger partial charge on any atom is -0.456 e. The van der Waals surface area contributed by atoms with E-state index >= 15 is 0 Å². The predicted molar refractivity (Wildman–Crippen MR) is 165 cm³/mol. The van der Waals surface area contributed by atoms with Gasteiger partial charge in [-0.1, -0.05) is 85.3 Å². The quantitative estimate of drug-likeness (QED) is 0.180. The minimum absolute atomic E-state index is 0.0479. The average molecular weight is 538 g/mol. The number of allylic oxidation sites excluding steroid dienone is 4. The van der Waals surface area contributed by atoms with Crippen molar-refractivity contribution in [3.63, 3.8) is 0 Å². The van der Waals surface area contributed by atoms with Gasteiger partial charge in [0.25, 0.3) is 0 Å². The van der Waals surface area contributed by atoms with Crippen LogP contribution in [0.4, 0.5) is 0 Å². The van der Waals surface area contributed by atoms with E-state index in [0.29, 0.717) is 29.9 Å². The van der Waals surface area contributed by atoms with Crippen LogP contribution < -0.4 is 4.74 Å². The molecule has 0 fully saturated rings. The van der Waals surface area contributed by atoms with Crippen molar-refractivity contribution in [2.45, 2.75) is 47.0 Å². The molecule has 0 saturated heterocycles. The van der Waals surface area contributed by atoms with Gasteiger partial charge < -0.3 is 14.6 Å². The summed E-state index contributed by atoms with van der Waals surface area (Å²) in [5.74, 6) is 1.20. The summed E-state index contributed by atoms with van der Waals surface area (Å²) in [5, 5.41) is 7.00. The second kappa shape index (κ2) is 17.3. The van der Waals surface area contributed by atoms with E-state index in [0.717, 1.165) is 42.1 Å². The Morgan fingerprint density at radius 3 is 2.00 bits per heavy atom. The number of aliphatic hydroxyl groups is 1. The first-order chi connectivity index (χ1) is 19.4. The highest BCUT2D eigenvalue weighted by atomic mass is 16.5. The Morgan fingerprint density at radius 1 is 0.925 bits per heavy atom. The van der Waals surface area contributed by atoms with Gasteiger partial charge in [0.1, 0.15) is 17.8 Å². The van der Waals surface area contributed by atoms with Crippen molar-refractivity contribution in [3.05, 3.63) is 119 Å². The van der Waals surface area contributed by atoms with Gasteiger partial charge in [-0.2, -0.15) is 0 Å². The second-order valence-corrected chi connectivity index (χ2v) is 9.09. The maximum Gasteiger partial charge on any atom is 0.163 e. The lowest BCUT2D eigenvalue weighted by Gasteiger charge is -2.19.